The lowest BCUT2D eigenvalue weighted by Crippen LogP contribution is -2.49. The predicted molar refractivity (Wildman–Crippen MR) is 104 cm³/mol. The van der Waals surface area contributed by atoms with E-state index in [9.17, 15) is 9.59 Å². The van der Waals surface area contributed by atoms with E-state index in [-0.39, 0.29) is 29.8 Å². The molecule has 0 aliphatic carbocycles. The quantitative estimate of drug-likeness (QED) is 0.796. The lowest BCUT2D eigenvalue weighted by Gasteiger charge is -2.35. The topological polar surface area (TPSA) is 70.7 Å². The van der Waals surface area contributed by atoms with E-state index in [1.165, 1.54) is 0 Å². The molecule has 2 fully saturated rings. The SMILES string of the molecule is CCC(C(=O)N1CCC(NC(=O)CC2COCCN2)CC1)c1ccccc1. The van der Waals surface area contributed by atoms with Crippen LogP contribution in [-0.2, 0) is 14.3 Å². The number of hydrogen-bond donors (Lipinski definition) is 2. The minimum absolute atomic E-state index is 0.0681. The van der Waals surface area contributed by atoms with Gasteiger partial charge in [-0.05, 0) is 24.8 Å². The summed E-state index contributed by atoms with van der Waals surface area (Å²) in [5.41, 5.74) is 1.09. The highest BCUT2D eigenvalue weighted by Crippen LogP contribution is 2.24. The Morgan fingerprint density at radius 1 is 1.26 bits per heavy atom. The molecule has 2 amide bonds. The van der Waals surface area contributed by atoms with Gasteiger partial charge in [0.05, 0.1) is 19.1 Å². The first-order valence-electron chi connectivity index (χ1n) is 10.1. The lowest BCUT2D eigenvalue weighted by atomic mass is 9.93. The first kappa shape index (κ1) is 19.8. The van der Waals surface area contributed by atoms with Gasteiger partial charge in [0, 0.05) is 38.1 Å². The molecule has 27 heavy (non-hydrogen) atoms. The number of rotatable bonds is 6. The van der Waals surface area contributed by atoms with Crippen LogP contribution in [-0.4, -0.2) is 61.6 Å². The molecule has 2 atom stereocenters. The van der Waals surface area contributed by atoms with Crippen LogP contribution in [0, 0.1) is 0 Å². The van der Waals surface area contributed by atoms with E-state index in [1.54, 1.807) is 0 Å². The Morgan fingerprint density at radius 2 is 2.00 bits per heavy atom. The molecule has 2 aliphatic heterocycles. The molecule has 1 aromatic carbocycles. The summed E-state index contributed by atoms with van der Waals surface area (Å²) < 4.78 is 5.40. The van der Waals surface area contributed by atoms with E-state index in [4.69, 9.17) is 4.74 Å². The summed E-state index contributed by atoms with van der Waals surface area (Å²) in [4.78, 5) is 27.1. The highest BCUT2D eigenvalue weighted by Gasteiger charge is 2.29. The van der Waals surface area contributed by atoms with Gasteiger partial charge in [0.1, 0.15) is 0 Å². The van der Waals surface area contributed by atoms with E-state index in [2.05, 4.69) is 17.6 Å². The summed E-state index contributed by atoms with van der Waals surface area (Å²) in [5.74, 6) is 0.199. The van der Waals surface area contributed by atoms with E-state index < -0.39 is 0 Å². The highest BCUT2D eigenvalue weighted by atomic mass is 16.5. The molecule has 6 heteroatoms. The van der Waals surface area contributed by atoms with Crippen molar-refractivity contribution in [2.24, 2.45) is 0 Å². The molecule has 2 aliphatic rings. The normalized spacial score (nSPS) is 22.3. The maximum Gasteiger partial charge on any atom is 0.230 e. The van der Waals surface area contributed by atoms with Crippen molar-refractivity contribution in [2.75, 3.05) is 32.8 Å². The second-order valence-corrected chi connectivity index (χ2v) is 7.47. The fraction of sp³-hybridized carbons (Fsp3) is 0.619. The van der Waals surface area contributed by atoms with E-state index in [0.29, 0.717) is 32.7 Å². The molecule has 148 valence electrons. The second kappa shape index (κ2) is 9.85. The van der Waals surface area contributed by atoms with Crippen LogP contribution in [0.2, 0.25) is 0 Å². The Labute approximate surface area is 161 Å². The molecule has 0 saturated carbocycles. The highest BCUT2D eigenvalue weighted by molar-refractivity contribution is 5.84. The zero-order valence-corrected chi connectivity index (χ0v) is 16.2. The maximum atomic E-state index is 12.9. The first-order chi connectivity index (χ1) is 13.2. The van der Waals surface area contributed by atoms with Crippen molar-refractivity contribution in [1.82, 2.24) is 15.5 Å². The van der Waals surface area contributed by atoms with Crippen LogP contribution in [0.4, 0.5) is 0 Å². The number of amides is 2. The van der Waals surface area contributed by atoms with Gasteiger partial charge in [-0.1, -0.05) is 37.3 Å². The van der Waals surface area contributed by atoms with Gasteiger partial charge in [-0.25, -0.2) is 0 Å². The molecule has 2 saturated heterocycles. The number of carbonyl (C=O) groups excluding carboxylic acids is 2. The minimum Gasteiger partial charge on any atom is -0.378 e. The summed E-state index contributed by atoms with van der Waals surface area (Å²) >= 11 is 0. The molecule has 0 bridgehead atoms. The van der Waals surface area contributed by atoms with Crippen LogP contribution >= 0.6 is 0 Å². The van der Waals surface area contributed by atoms with Crippen LogP contribution < -0.4 is 10.6 Å². The summed E-state index contributed by atoms with van der Waals surface area (Å²) in [6.45, 7) is 5.59. The average molecular weight is 373 g/mol. The Kier molecular flexibility index (Phi) is 7.24. The third-order valence-corrected chi connectivity index (χ3v) is 5.51. The molecular formula is C21H31N3O3. The van der Waals surface area contributed by atoms with E-state index >= 15 is 0 Å². The summed E-state index contributed by atoms with van der Waals surface area (Å²) in [5, 5.41) is 6.43. The van der Waals surface area contributed by atoms with Crippen molar-refractivity contribution in [3.05, 3.63) is 35.9 Å². The predicted octanol–water partition coefficient (Wildman–Crippen LogP) is 1.67. The van der Waals surface area contributed by atoms with Gasteiger partial charge in [0.15, 0.2) is 0 Å². The number of morpholine rings is 1. The average Bonchev–Trinajstić information content (AvgIpc) is 2.70. The van der Waals surface area contributed by atoms with Crippen molar-refractivity contribution < 1.29 is 14.3 Å². The van der Waals surface area contributed by atoms with Crippen molar-refractivity contribution >= 4 is 11.8 Å². The maximum absolute atomic E-state index is 12.9. The molecule has 0 spiro atoms. The summed E-state index contributed by atoms with van der Waals surface area (Å²) in [6.07, 6.45) is 2.88. The molecule has 6 nitrogen and oxygen atoms in total. The zero-order chi connectivity index (χ0) is 19.1. The Morgan fingerprint density at radius 3 is 2.63 bits per heavy atom. The zero-order valence-electron chi connectivity index (χ0n) is 16.2. The standard InChI is InChI=1S/C21H31N3O3/c1-2-19(16-6-4-3-5-7-16)21(26)24-11-8-17(9-12-24)23-20(25)14-18-15-27-13-10-22-18/h3-7,17-19,22H,2,8-15H2,1H3,(H,23,25). The number of ether oxygens (including phenoxy) is 1. The van der Waals surface area contributed by atoms with Crippen molar-refractivity contribution in [2.45, 2.75) is 50.6 Å². The van der Waals surface area contributed by atoms with Crippen LogP contribution in [0.1, 0.15) is 44.1 Å². The van der Waals surface area contributed by atoms with Gasteiger partial charge >= 0.3 is 0 Å². The first-order valence-corrected chi connectivity index (χ1v) is 10.1. The third kappa shape index (κ3) is 5.53. The molecular weight excluding hydrogens is 342 g/mol. The van der Waals surface area contributed by atoms with Gasteiger partial charge in [-0.2, -0.15) is 0 Å². The smallest absolute Gasteiger partial charge is 0.230 e. The number of likely N-dealkylation sites (tertiary alicyclic amines) is 1. The number of hydrogen-bond acceptors (Lipinski definition) is 4. The summed E-state index contributed by atoms with van der Waals surface area (Å²) in [6, 6.07) is 10.3. The molecule has 2 N–H and O–H groups in total. The number of nitrogens with zero attached hydrogens (tertiary/aromatic N) is 1. The Bertz CT molecular complexity index is 608. The molecule has 3 rings (SSSR count). The van der Waals surface area contributed by atoms with Gasteiger partial charge in [-0.3, -0.25) is 9.59 Å². The lowest BCUT2D eigenvalue weighted by molar-refractivity contribution is -0.134. The molecule has 0 radical (unpaired) electrons. The molecule has 1 aromatic rings. The third-order valence-electron chi connectivity index (χ3n) is 5.51. The van der Waals surface area contributed by atoms with Gasteiger partial charge in [0.2, 0.25) is 11.8 Å². The van der Waals surface area contributed by atoms with Crippen molar-refractivity contribution in [3.8, 4) is 0 Å². The fourth-order valence-corrected chi connectivity index (χ4v) is 3.96. The fourth-order valence-electron chi connectivity index (χ4n) is 3.96. The van der Waals surface area contributed by atoms with Gasteiger partial charge < -0.3 is 20.3 Å². The largest absolute Gasteiger partial charge is 0.378 e. The number of piperidine rings is 1. The van der Waals surface area contributed by atoms with Crippen LogP contribution in [0.5, 0.6) is 0 Å². The molecule has 2 heterocycles. The summed E-state index contributed by atoms with van der Waals surface area (Å²) in [7, 11) is 0. The van der Waals surface area contributed by atoms with E-state index in [1.807, 2.05) is 35.2 Å². The molecule has 2 unspecified atom stereocenters. The van der Waals surface area contributed by atoms with Crippen molar-refractivity contribution in [3.63, 3.8) is 0 Å². The van der Waals surface area contributed by atoms with Crippen LogP contribution in [0.3, 0.4) is 0 Å². The second-order valence-electron chi connectivity index (χ2n) is 7.47. The van der Waals surface area contributed by atoms with Crippen LogP contribution in [0.15, 0.2) is 30.3 Å². The molecule has 0 aromatic heterocycles. The van der Waals surface area contributed by atoms with Crippen LogP contribution in [0.25, 0.3) is 0 Å². The van der Waals surface area contributed by atoms with E-state index in [0.717, 1.165) is 31.4 Å². The minimum atomic E-state index is -0.0743. The number of carbonyl (C=O) groups is 2. The Hall–Kier alpha value is -1.92. The number of nitrogens with one attached hydrogen (secondary N) is 2. The van der Waals surface area contributed by atoms with Gasteiger partial charge in [0.25, 0.3) is 0 Å². The number of benzene rings is 1. The monoisotopic (exact) mass is 373 g/mol. The Balaban J connectivity index is 1.45. The van der Waals surface area contributed by atoms with Crippen molar-refractivity contribution in [1.29, 1.82) is 0 Å². The van der Waals surface area contributed by atoms with Gasteiger partial charge in [-0.15, -0.1) is 0 Å².